The number of nitrogens with zero attached hydrogens (tertiary/aromatic N) is 1. The molecule has 0 aliphatic carbocycles. The SMILES string of the molecule is CN(CCCc1ccccc1N)Cc1ccsc1. The van der Waals surface area contributed by atoms with E-state index in [0.29, 0.717) is 0 Å². The molecule has 18 heavy (non-hydrogen) atoms. The lowest BCUT2D eigenvalue weighted by atomic mass is 10.1. The van der Waals surface area contributed by atoms with Crippen LogP contribution in [0.25, 0.3) is 0 Å². The van der Waals surface area contributed by atoms with Crippen molar-refractivity contribution in [3.8, 4) is 0 Å². The standard InChI is InChI=1S/C15H20N2S/c1-17(11-13-8-10-18-12-13)9-4-6-14-5-2-3-7-15(14)16/h2-3,5,7-8,10,12H,4,6,9,11,16H2,1H3. The monoisotopic (exact) mass is 260 g/mol. The van der Waals surface area contributed by atoms with E-state index < -0.39 is 0 Å². The van der Waals surface area contributed by atoms with Crippen LogP contribution in [0.2, 0.25) is 0 Å². The van der Waals surface area contributed by atoms with Crippen LogP contribution in [0.5, 0.6) is 0 Å². The largest absolute Gasteiger partial charge is 0.399 e. The van der Waals surface area contributed by atoms with Crippen LogP contribution in [-0.2, 0) is 13.0 Å². The number of hydrogen-bond acceptors (Lipinski definition) is 3. The molecule has 2 rings (SSSR count). The summed E-state index contributed by atoms with van der Waals surface area (Å²) in [5, 5.41) is 4.35. The molecule has 0 saturated carbocycles. The van der Waals surface area contributed by atoms with Crippen molar-refractivity contribution < 1.29 is 0 Å². The van der Waals surface area contributed by atoms with Crippen LogP contribution < -0.4 is 5.73 Å². The molecule has 0 amide bonds. The van der Waals surface area contributed by atoms with Gasteiger partial charge in [0, 0.05) is 12.2 Å². The molecule has 1 aromatic heterocycles. The summed E-state index contributed by atoms with van der Waals surface area (Å²) in [4.78, 5) is 2.36. The predicted molar refractivity (Wildman–Crippen MR) is 79.8 cm³/mol. The Morgan fingerprint density at radius 3 is 2.78 bits per heavy atom. The smallest absolute Gasteiger partial charge is 0.0346 e. The van der Waals surface area contributed by atoms with Gasteiger partial charge >= 0.3 is 0 Å². The van der Waals surface area contributed by atoms with Gasteiger partial charge in [-0.25, -0.2) is 0 Å². The van der Waals surface area contributed by atoms with Gasteiger partial charge in [-0.1, -0.05) is 18.2 Å². The summed E-state index contributed by atoms with van der Waals surface area (Å²) in [6.45, 7) is 2.14. The van der Waals surface area contributed by atoms with Gasteiger partial charge in [-0.2, -0.15) is 11.3 Å². The maximum atomic E-state index is 5.93. The van der Waals surface area contributed by atoms with Crippen LogP contribution in [-0.4, -0.2) is 18.5 Å². The molecule has 0 atom stereocenters. The van der Waals surface area contributed by atoms with Crippen LogP contribution in [0.15, 0.2) is 41.1 Å². The summed E-state index contributed by atoms with van der Waals surface area (Å²) >= 11 is 1.76. The second-order valence-electron chi connectivity index (χ2n) is 4.67. The highest BCUT2D eigenvalue weighted by molar-refractivity contribution is 7.07. The maximum absolute atomic E-state index is 5.93. The Hall–Kier alpha value is -1.32. The van der Waals surface area contributed by atoms with Crippen molar-refractivity contribution in [1.82, 2.24) is 4.90 Å². The molecular formula is C15H20N2S. The first-order valence-corrected chi connectivity index (χ1v) is 7.23. The van der Waals surface area contributed by atoms with Crippen molar-refractivity contribution in [2.45, 2.75) is 19.4 Å². The molecule has 3 heteroatoms. The second-order valence-corrected chi connectivity index (χ2v) is 5.45. The van der Waals surface area contributed by atoms with Gasteiger partial charge in [-0.3, -0.25) is 0 Å². The Labute approximate surface area is 113 Å². The van der Waals surface area contributed by atoms with Gasteiger partial charge in [0.25, 0.3) is 0 Å². The van der Waals surface area contributed by atoms with Gasteiger partial charge in [0.15, 0.2) is 0 Å². The van der Waals surface area contributed by atoms with Crippen LogP contribution >= 0.6 is 11.3 Å². The minimum absolute atomic E-state index is 0.915. The molecule has 96 valence electrons. The molecule has 1 aromatic carbocycles. The Morgan fingerprint density at radius 2 is 2.06 bits per heavy atom. The Morgan fingerprint density at radius 1 is 1.22 bits per heavy atom. The quantitative estimate of drug-likeness (QED) is 0.807. The van der Waals surface area contributed by atoms with E-state index in [-0.39, 0.29) is 0 Å². The molecule has 2 N–H and O–H groups in total. The van der Waals surface area contributed by atoms with E-state index in [9.17, 15) is 0 Å². The number of nitrogen functional groups attached to an aromatic ring is 1. The zero-order valence-electron chi connectivity index (χ0n) is 10.8. The zero-order valence-corrected chi connectivity index (χ0v) is 11.6. The summed E-state index contributed by atoms with van der Waals surface area (Å²) in [6, 6.07) is 10.3. The molecule has 0 spiro atoms. The van der Waals surface area contributed by atoms with E-state index in [2.05, 4.69) is 40.9 Å². The highest BCUT2D eigenvalue weighted by Crippen LogP contribution is 2.13. The van der Waals surface area contributed by atoms with Crippen molar-refractivity contribution in [1.29, 1.82) is 0 Å². The number of thiophene rings is 1. The topological polar surface area (TPSA) is 29.3 Å². The number of aryl methyl sites for hydroxylation is 1. The number of anilines is 1. The van der Waals surface area contributed by atoms with E-state index in [1.165, 1.54) is 11.1 Å². The third kappa shape index (κ3) is 3.86. The lowest BCUT2D eigenvalue weighted by Crippen LogP contribution is -2.19. The summed E-state index contributed by atoms with van der Waals surface area (Å²) in [7, 11) is 2.17. The van der Waals surface area contributed by atoms with Crippen molar-refractivity contribution in [2.75, 3.05) is 19.3 Å². The number of nitrogens with two attached hydrogens (primary N) is 1. The fourth-order valence-electron chi connectivity index (χ4n) is 2.07. The molecule has 1 heterocycles. The van der Waals surface area contributed by atoms with Crippen molar-refractivity contribution in [3.05, 3.63) is 52.2 Å². The molecule has 0 bridgehead atoms. The maximum Gasteiger partial charge on any atom is 0.0346 e. The highest BCUT2D eigenvalue weighted by Gasteiger charge is 2.02. The number of para-hydroxylation sites is 1. The minimum atomic E-state index is 0.915. The fourth-order valence-corrected chi connectivity index (χ4v) is 2.73. The Kier molecular flexibility index (Phi) is 4.79. The summed E-state index contributed by atoms with van der Waals surface area (Å²) in [5.74, 6) is 0. The van der Waals surface area contributed by atoms with Crippen LogP contribution in [0.1, 0.15) is 17.5 Å². The average molecular weight is 260 g/mol. The van der Waals surface area contributed by atoms with Crippen LogP contribution in [0.4, 0.5) is 5.69 Å². The van der Waals surface area contributed by atoms with Gasteiger partial charge in [0.1, 0.15) is 0 Å². The van der Waals surface area contributed by atoms with Crippen LogP contribution in [0.3, 0.4) is 0 Å². The third-order valence-electron chi connectivity index (χ3n) is 3.07. The van der Waals surface area contributed by atoms with E-state index in [1.54, 1.807) is 11.3 Å². The zero-order chi connectivity index (χ0) is 12.8. The Balaban J connectivity index is 1.74. The van der Waals surface area contributed by atoms with E-state index in [4.69, 9.17) is 5.73 Å². The Bertz CT molecular complexity index is 465. The second kappa shape index (κ2) is 6.57. The van der Waals surface area contributed by atoms with Crippen molar-refractivity contribution in [2.24, 2.45) is 0 Å². The molecule has 0 aliphatic heterocycles. The average Bonchev–Trinajstić information content (AvgIpc) is 2.84. The minimum Gasteiger partial charge on any atom is -0.399 e. The first-order valence-electron chi connectivity index (χ1n) is 6.28. The number of rotatable bonds is 6. The van der Waals surface area contributed by atoms with Crippen molar-refractivity contribution >= 4 is 17.0 Å². The van der Waals surface area contributed by atoms with Crippen LogP contribution in [0, 0.1) is 0 Å². The lowest BCUT2D eigenvalue weighted by molar-refractivity contribution is 0.322. The predicted octanol–water partition coefficient (Wildman–Crippen LogP) is 3.39. The molecule has 0 saturated heterocycles. The first-order chi connectivity index (χ1) is 8.75. The summed E-state index contributed by atoms with van der Waals surface area (Å²) < 4.78 is 0. The molecule has 0 unspecified atom stereocenters. The van der Waals surface area contributed by atoms with E-state index in [1.807, 2.05) is 12.1 Å². The molecule has 0 fully saturated rings. The van der Waals surface area contributed by atoms with Crippen molar-refractivity contribution in [3.63, 3.8) is 0 Å². The lowest BCUT2D eigenvalue weighted by Gasteiger charge is -2.16. The molecule has 2 aromatic rings. The highest BCUT2D eigenvalue weighted by atomic mass is 32.1. The number of benzene rings is 1. The first kappa shape index (κ1) is 13.1. The van der Waals surface area contributed by atoms with Gasteiger partial charge in [-0.05, 0) is 60.5 Å². The summed E-state index contributed by atoms with van der Waals surface area (Å²) in [6.07, 6.45) is 2.20. The van der Waals surface area contributed by atoms with Gasteiger partial charge in [0.2, 0.25) is 0 Å². The van der Waals surface area contributed by atoms with E-state index in [0.717, 1.165) is 31.6 Å². The third-order valence-corrected chi connectivity index (χ3v) is 3.81. The molecule has 2 nitrogen and oxygen atoms in total. The summed E-state index contributed by atoms with van der Waals surface area (Å²) in [5.41, 5.74) is 9.52. The number of hydrogen-bond donors (Lipinski definition) is 1. The normalized spacial score (nSPS) is 11.0. The molecule has 0 aliphatic rings. The van der Waals surface area contributed by atoms with E-state index >= 15 is 0 Å². The van der Waals surface area contributed by atoms with Gasteiger partial charge in [-0.15, -0.1) is 0 Å². The fraction of sp³-hybridized carbons (Fsp3) is 0.333. The molecular weight excluding hydrogens is 240 g/mol. The molecule has 0 radical (unpaired) electrons. The van der Waals surface area contributed by atoms with Gasteiger partial charge in [0.05, 0.1) is 0 Å². The van der Waals surface area contributed by atoms with Gasteiger partial charge < -0.3 is 10.6 Å².